The fraction of sp³-hybridized carbons (Fsp3) is 0.571. The third kappa shape index (κ3) is 3.06. The third-order valence-corrected chi connectivity index (χ3v) is 10.2. The van der Waals surface area contributed by atoms with E-state index in [4.69, 9.17) is 0 Å². The van der Waals surface area contributed by atoms with E-state index in [-0.39, 0.29) is 34.8 Å². The molecule has 1 aromatic heterocycles. The molecular weight excluding hydrogens is 432 g/mol. The van der Waals surface area contributed by atoms with Crippen LogP contribution in [0.3, 0.4) is 0 Å². The number of halogens is 2. The summed E-state index contributed by atoms with van der Waals surface area (Å²) in [7, 11) is 0. The highest BCUT2D eigenvalue weighted by atomic mass is 19.1. The number of hydrogen-bond donors (Lipinski definition) is 1. The summed E-state index contributed by atoms with van der Waals surface area (Å²) in [4.78, 5) is 17.8. The van der Waals surface area contributed by atoms with Crippen LogP contribution in [0.1, 0.15) is 69.8 Å². The van der Waals surface area contributed by atoms with Crippen molar-refractivity contribution in [3.05, 3.63) is 59.7 Å². The van der Waals surface area contributed by atoms with E-state index in [1.54, 1.807) is 0 Å². The van der Waals surface area contributed by atoms with Gasteiger partial charge in [0.1, 0.15) is 17.5 Å². The number of imidazole rings is 1. The molecule has 3 aliphatic carbocycles. The average molecular weight is 466 g/mol. The largest absolute Gasteiger partial charge is 0.352 e. The van der Waals surface area contributed by atoms with Crippen LogP contribution < -0.4 is 5.32 Å². The number of allylic oxidation sites excluding steroid dienone is 1. The molecule has 2 heterocycles. The Kier molecular flexibility index (Phi) is 5.02. The van der Waals surface area contributed by atoms with Gasteiger partial charge in [-0.2, -0.15) is 0 Å². The first-order valence-electron chi connectivity index (χ1n) is 12.8. The Balaban J connectivity index is 1.20. The molecule has 34 heavy (non-hydrogen) atoms. The topological polar surface area (TPSA) is 46.9 Å². The quantitative estimate of drug-likeness (QED) is 0.613. The Morgan fingerprint density at radius 1 is 1.12 bits per heavy atom. The lowest BCUT2D eigenvalue weighted by Gasteiger charge is -2.59. The Bertz CT molecular complexity index is 1140. The predicted molar refractivity (Wildman–Crippen MR) is 126 cm³/mol. The van der Waals surface area contributed by atoms with Crippen LogP contribution in [0, 0.1) is 46.1 Å². The van der Waals surface area contributed by atoms with Crippen LogP contribution in [0.5, 0.6) is 0 Å². The summed E-state index contributed by atoms with van der Waals surface area (Å²) < 4.78 is 30.5. The lowest BCUT2D eigenvalue weighted by atomic mass is 9.48. The van der Waals surface area contributed by atoms with Gasteiger partial charge in [0, 0.05) is 41.9 Å². The standard InChI is InChI=1S/C28H33F2N3O/c1-27-12-10-20-17(6-9-24-28(20,2)13-11-25-31-14-15-33(24)25)19(27)7-8-21(27)26(34)32-16-18-22(29)4-3-5-23(18)30/h3-5,11,13-15,17,19-21,24H,6-10,12,16H2,1-2H3,(H,32,34)/t17-,19-,20-,21+,24?,27-,28+/m0/s1. The van der Waals surface area contributed by atoms with Gasteiger partial charge < -0.3 is 9.88 Å². The predicted octanol–water partition coefficient (Wildman–Crippen LogP) is 5.90. The molecule has 6 heteroatoms. The minimum absolute atomic E-state index is 0.0494. The zero-order chi connectivity index (χ0) is 23.7. The Morgan fingerprint density at radius 3 is 2.71 bits per heavy atom. The first-order valence-corrected chi connectivity index (χ1v) is 12.8. The summed E-state index contributed by atoms with van der Waals surface area (Å²) in [6, 6.07) is 4.28. The zero-order valence-electron chi connectivity index (χ0n) is 19.9. The Morgan fingerprint density at radius 2 is 1.91 bits per heavy atom. The number of aromatic nitrogens is 2. The number of nitrogens with one attached hydrogen (secondary N) is 1. The molecule has 0 spiro atoms. The second-order valence-corrected chi connectivity index (χ2v) is 11.5. The highest BCUT2D eigenvalue weighted by molar-refractivity contribution is 5.80. The molecule has 1 unspecified atom stereocenters. The summed E-state index contributed by atoms with van der Waals surface area (Å²) in [6.45, 7) is 4.63. The van der Waals surface area contributed by atoms with Crippen LogP contribution >= 0.6 is 0 Å². The molecule has 0 saturated heterocycles. The number of hydrogen-bond acceptors (Lipinski definition) is 2. The summed E-state index contributed by atoms with van der Waals surface area (Å²) in [5.41, 5.74) is -0.00464. The molecule has 6 rings (SSSR count). The van der Waals surface area contributed by atoms with Gasteiger partial charge in [-0.1, -0.05) is 26.0 Å². The van der Waals surface area contributed by atoms with Gasteiger partial charge in [0.2, 0.25) is 5.91 Å². The molecular formula is C28H33F2N3O. The third-order valence-electron chi connectivity index (χ3n) is 10.2. The molecule has 4 aliphatic rings. The monoisotopic (exact) mass is 465 g/mol. The number of rotatable bonds is 3. The van der Waals surface area contributed by atoms with Crippen molar-refractivity contribution in [2.45, 2.75) is 65.0 Å². The van der Waals surface area contributed by atoms with E-state index in [9.17, 15) is 13.6 Å². The van der Waals surface area contributed by atoms with Gasteiger partial charge in [-0.3, -0.25) is 4.79 Å². The number of carbonyl (C=O) groups is 1. The molecule has 1 aliphatic heterocycles. The van der Waals surface area contributed by atoms with Crippen molar-refractivity contribution in [3.8, 4) is 0 Å². The van der Waals surface area contributed by atoms with Crippen molar-refractivity contribution >= 4 is 12.0 Å². The van der Waals surface area contributed by atoms with Gasteiger partial charge in [-0.05, 0) is 79.9 Å². The van der Waals surface area contributed by atoms with Crippen LogP contribution in [-0.4, -0.2) is 15.5 Å². The van der Waals surface area contributed by atoms with Crippen LogP contribution in [0.2, 0.25) is 0 Å². The Hall–Kier alpha value is -2.50. The lowest BCUT2D eigenvalue weighted by molar-refractivity contribution is -0.133. The molecule has 2 aromatic rings. The maximum absolute atomic E-state index is 14.0. The molecule has 3 saturated carbocycles. The molecule has 0 bridgehead atoms. The van der Waals surface area contributed by atoms with E-state index < -0.39 is 11.6 Å². The van der Waals surface area contributed by atoms with Crippen molar-refractivity contribution in [3.63, 3.8) is 0 Å². The Labute approximate surface area is 199 Å². The molecule has 3 fully saturated rings. The average Bonchev–Trinajstić information content (AvgIpc) is 3.42. The fourth-order valence-electron chi connectivity index (χ4n) is 8.45. The smallest absolute Gasteiger partial charge is 0.223 e. The summed E-state index contributed by atoms with van der Waals surface area (Å²) in [5, 5.41) is 2.87. The van der Waals surface area contributed by atoms with Gasteiger partial charge in [-0.15, -0.1) is 0 Å². The van der Waals surface area contributed by atoms with E-state index >= 15 is 0 Å². The van der Waals surface area contributed by atoms with Crippen LogP contribution in [0.15, 0.2) is 36.7 Å². The number of carbonyl (C=O) groups excluding carboxylic acids is 1. The van der Waals surface area contributed by atoms with E-state index in [1.807, 2.05) is 6.20 Å². The second-order valence-electron chi connectivity index (χ2n) is 11.5. The number of nitrogens with zero attached hydrogens (tertiary/aromatic N) is 2. The normalized spacial score (nSPS) is 37.9. The van der Waals surface area contributed by atoms with Crippen molar-refractivity contribution in [1.82, 2.24) is 14.9 Å². The highest BCUT2D eigenvalue weighted by Gasteiger charge is 2.61. The van der Waals surface area contributed by atoms with E-state index in [2.05, 4.69) is 47.1 Å². The first kappa shape index (κ1) is 22.0. The maximum atomic E-state index is 14.0. The summed E-state index contributed by atoms with van der Waals surface area (Å²) >= 11 is 0. The van der Waals surface area contributed by atoms with E-state index in [1.165, 1.54) is 24.6 Å². The van der Waals surface area contributed by atoms with Crippen LogP contribution in [-0.2, 0) is 11.3 Å². The molecule has 1 N–H and O–H groups in total. The number of benzene rings is 1. The van der Waals surface area contributed by atoms with Gasteiger partial charge >= 0.3 is 0 Å². The van der Waals surface area contributed by atoms with Crippen molar-refractivity contribution in [2.75, 3.05) is 0 Å². The van der Waals surface area contributed by atoms with E-state index in [0.29, 0.717) is 23.8 Å². The zero-order valence-corrected chi connectivity index (χ0v) is 19.9. The van der Waals surface area contributed by atoms with Crippen LogP contribution in [0.25, 0.3) is 6.08 Å². The van der Waals surface area contributed by atoms with Gasteiger partial charge in [0.15, 0.2) is 0 Å². The fourth-order valence-corrected chi connectivity index (χ4v) is 8.45. The SMILES string of the molecule is C[C@]12CC[C@H]3[C@@H](CCC4n5ccnc5C=C[C@@]43C)[C@@H]1CC[C@@H]2C(=O)NCc1c(F)cccc1F. The maximum Gasteiger partial charge on any atom is 0.223 e. The summed E-state index contributed by atoms with van der Waals surface area (Å²) in [5.74, 6) is 1.42. The van der Waals surface area contributed by atoms with Crippen molar-refractivity contribution in [1.29, 1.82) is 0 Å². The molecule has 1 aromatic carbocycles. The summed E-state index contributed by atoms with van der Waals surface area (Å²) in [6.07, 6.45) is 15.0. The van der Waals surface area contributed by atoms with E-state index in [0.717, 1.165) is 37.9 Å². The molecule has 1 amide bonds. The van der Waals surface area contributed by atoms with Crippen molar-refractivity contribution in [2.24, 2.45) is 34.5 Å². The highest BCUT2D eigenvalue weighted by Crippen LogP contribution is 2.67. The van der Waals surface area contributed by atoms with Gasteiger partial charge in [0.25, 0.3) is 0 Å². The number of fused-ring (bicyclic) bond motifs is 7. The molecule has 7 atom stereocenters. The lowest BCUT2D eigenvalue weighted by Crippen LogP contribution is -2.53. The molecule has 4 nitrogen and oxygen atoms in total. The van der Waals surface area contributed by atoms with Crippen LogP contribution in [0.4, 0.5) is 8.78 Å². The second kappa shape index (κ2) is 7.76. The first-order chi connectivity index (χ1) is 16.3. The van der Waals surface area contributed by atoms with Crippen molar-refractivity contribution < 1.29 is 13.6 Å². The van der Waals surface area contributed by atoms with Gasteiger partial charge in [-0.25, -0.2) is 13.8 Å². The molecule has 180 valence electrons. The van der Waals surface area contributed by atoms with Gasteiger partial charge in [0.05, 0.1) is 0 Å². The minimum atomic E-state index is -0.608. The number of amides is 1. The minimum Gasteiger partial charge on any atom is -0.352 e. The molecule has 0 radical (unpaired) electrons.